The molecule has 1 heterocycles. The van der Waals surface area contributed by atoms with E-state index < -0.39 is 0 Å². The van der Waals surface area contributed by atoms with Crippen LogP contribution in [0.25, 0.3) is 0 Å². The van der Waals surface area contributed by atoms with Gasteiger partial charge in [-0.2, -0.15) is 0 Å². The Balaban J connectivity index is 1.83. The van der Waals surface area contributed by atoms with Crippen molar-refractivity contribution in [2.75, 3.05) is 0 Å². The molecule has 1 aliphatic rings. The molecule has 21 heavy (non-hydrogen) atoms. The highest BCUT2D eigenvalue weighted by Gasteiger charge is 2.16. The molecule has 0 spiro atoms. The maximum absolute atomic E-state index is 6.06. The van der Waals surface area contributed by atoms with Gasteiger partial charge in [-0.15, -0.1) is 0 Å². The molecule has 0 amide bonds. The second-order valence-electron chi connectivity index (χ2n) is 5.19. The van der Waals surface area contributed by atoms with Gasteiger partial charge in [0.25, 0.3) is 0 Å². The Morgan fingerprint density at radius 2 is 1.86 bits per heavy atom. The molecule has 1 aliphatic heterocycles. The fourth-order valence-corrected chi connectivity index (χ4v) is 2.90. The van der Waals surface area contributed by atoms with Gasteiger partial charge in [0.1, 0.15) is 0 Å². The van der Waals surface area contributed by atoms with Crippen LogP contribution in [0.3, 0.4) is 0 Å². The van der Waals surface area contributed by atoms with Gasteiger partial charge in [-0.1, -0.05) is 47.5 Å². The van der Waals surface area contributed by atoms with Crippen molar-refractivity contribution in [3.8, 4) is 0 Å². The first kappa shape index (κ1) is 14.8. The van der Waals surface area contributed by atoms with Crippen LogP contribution in [-0.4, -0.2) is 0 Å². The summed E-state index contributed by atoms with van der Waals surface area (Å²) >= 11 is 12.0. The van der Waals surface area contributed by atoms with E-state index in [4.69, 9.17) is 33.8 Å². The van der Waals surface area contributed by atoms with Crippen molar-refractivity contribution in [1.29, 1.82) is 0 Å². The van der Waals surface area contributed by atoms with Gasteiger partial charge >= 0.3 is 0 Å². The fourth-order valence-electron chi connectivity index (χ4n) is 2.58. The van der Waals surface area contributed by atoms with Gasteiger partial charge in [-0.3, -0.25) is 11.3 Å². The van der Waals surface area contributed by atoms with Gasteiger partial charge in [0.2, 0.25) is 0 Å². The van der Waals surface area contributed by atoms with E-state index in [9.17, 15) is 0 Å². The Morgan fingerprint density at radius 3 is 2.62 bits per heavy atom. The molecule has 0 aromatic heterocycles. The number of hydrogen-bond donors (Lipinski definition) is 2. The van der Waals surface area contributed by atoms with Gasteiger partial charge in [-0.25, -0.2) is 0 Å². The van der Waals surface area contributed by atoms with Crippen LogP contribution in [0.5, 0.6) is 0 Å². The Morgan fingerprint density at radius 1 is 1.05 bits per heavy atom. The van der Waals surface area contributed by atoms with E-state index >= 15 is 0 Å². The van der Waals surface area contributed by atoms with E-state index in [1.54, 1.807) is 0 Å². The Hall–Kier alpha value is -1.10. The number of rotatable bonds is 4. The molecule has 1 atom stereocenters. The monoisotopic (exact) mass is 322 g/mol. The third-order valence-electron chi connectivity index (χ3n) is 3.77. The minimum absolute atomic E-state index is 0.0214. The lowest BCUT2D eigenvalue weighted by Gasteiger charge is -2.17. The molecule has 0 saturated heterocycles. The van der Waals surface area contributed by atoms with Crippen molar-refractivity contribution in [3.63, 3.8) is 0 Å². The second kappa shape index (κ2) is 6.34. The smallest absolute Gasteiger partial charge is 0.0725 e. The molecule has 2 aromatic rings. The van der Waals surface area contributed by atoms with E-state index in [1.165, 1.54) is 11.1 Å². The Bertz CT molecular complexity index is 661. The van der Waals surface area contributed by atoms with Crippen LogP contribution in [0.1, 0.15) is 28.3 Å². The Kier molecular flexibility index (Phi) is 4.48. The summed E-state index contributed by atoms with van der Waals surface area (Å²) < 4.78 is 5.45. The maximum Gasteiger partial charge on any atom is 0.0725 e. The molecule has 0 bridgehead atoms. The topological polar surface area (TPSA) is 47.3 Å². The molecular formula is C16H16Cl2N2O. The summed E-state index contributed by atoms with van der Waals surface area (Å²) in [5.41, 5.74) is 7.60. The number of benzene rings is 2. The number of nitrogens with two attached hydrogens (primary N) is 1. The number of ether oxygens (including phenoxy) is 1. The number of nitrogens with one attached hydrogen (secondary N) is 1. The fraction of sp³-hybridized carbons (Fsp3) is 0.250. The maximum atomic E-state index is 6.06. The van der Waals surface area contributed by atoms with Gasteiger partial charge in [0.05, 0.1) is 23.3 Å². The number of hydrogen-bond acceptors (Lipinski definition) is 3. The van der Waals surface area contributed by atoms with Crippen molar-refractivity contribution in [2.24, 2.45) is 5.84 Å². The quantitative estimate of drug-likeness (QED) is 0.665. The van der Waals surface area contributed by atoms with Crippen LogP contribution in [0.15, 0.2) is 36.4 Å². The summed E-state index contributed by atoms with van der Waals surface area (Å²) in [5, 5.41) is 1.12. The van der Waals surface area contributed by atoms with Crippen LogP contribution in [0.4, 0.5) is 0 Å². The van der Waals surface area contributed by atoms with Gasteiger partial charge in [0.15, 0.2) is 0 Å². The molecule has 3 nitrogen and oxygen atoms in total. The lowest BCUT2D eigenvalue weighted by Crippen LogP contribution is -2.29. The van der Waals surface area contributed by atoms with E-state index in [2.05, 4.69) is 23.6 Å². The summed E-state index contributed by atoms with van der Waals surface area (Å²) in [6, 6.07) is 12.0. The number of fused-ring (bicyclic) bond motifs is 1. The summed E-state index contributed by atoms with van der Waals surface area (Å²) in [6.45, 7) is 1.37. The summed E-state index contributed by atoms with van der Waals surface area (Å²) in [4.78, 5) is 0. The molecule has 3 rings (SSSR count). The molecule has 3 N–H and O–H groups in total. The summed E-state index contributed by atoms with van der Waals surface area (Å²) in [6.07, 6.45) is 0.743. The zero-order chi connectivity index (χ0) is 14.8. The lowest BCUT2D eigenvalue weighted by atomic mass is 9.96. The number of hydrazine groups is 1. The predicted octanol–water partition coefficient (Wildman–Crippen LogP) is 3.77. The van der Waals surface area contributed by atoms with E-state index in [0.29, 0.717) is 23.3 Å². The molecular weight excluding hydrogens is 307 g/mol. The zero-order valence-electron chi connectivity index (χ0n) is 11.4. The van der Waals surface area contributed by atoms with Crippen LogP contribution in [0, 0.1) is 0 Å². The predicted molar refractivity (Wildman–Crippen MR) is 85.2 cm³/mol. The Labute approximate surface area is 134 Å². The summed E-state index contributed by atoms with van der Waals surface area (Å²) in [5.74, 6) is 5.73. The largest absolute Gasteiger partial charge is 0.372 e. The first-order chi connectivity index (χ1) is 10.2. The standard InChI is InChI=1S/C16H16Cl2N2O/c17-14-4-1-10(5-15(14)18)6-16(20-19)11-2-3-12-8-21-9-13(12)7-11/h1-5,7,16,20H,6,8-9,19H2. The number of halogens is 2. The van der Waals surface area contributed by atoms with E-state index in [-0.39, 0.29) is 6.04 Å². The van der Waals surface area contributed by atoms with Gasteiger partial charge in [-0.05, 0) is 40.8 Å². The minimum Gasteiger partial charge on any atom is -0.372 e. The molecule has 1 unspecified atom stereocenters. The van der Waals surface area contributed by atoms with Crippen molar-refractivity contribution in [1.82, 2.24) is 5.43 Å². The average Bonchev–Trinajstić information content (AvgIpc) is 2.95. The normalized spacial score (nSPS) is 15.0. The first-order valence-corrected chi connectivity index (χ1v) is 7.52. The second-order valence-corrected chi connectivity index (χ2v) is 6.01. The first-order valence-electron chi connectivity index (χ1n) is 6.77. The molecule has 110 valence electrons. The lowest BCUT2D eigenvalue weighted by molar-refractivity contribution is 0.134. The van der Waals surface area contributed by atoms with Crippen LogP contribution in [0.2, 0.25) is 10.0 Å². The third kappa shape index (κ3) is 3.23. The highest BCUT2D eigenvalue weighted by molar-refractivity contribution is 6.42. The average molecular weight is 323 g/mol. The van der Waals surface area contributed by atoms with Crippen molar-refractivity contribution >= 4 is 23.2 Å². The molecule has 2 aromatic carbocycles. The third-order valence-corrected chi connectivity index (χ3v) is 4.51. The van der Waals surface area contributed by atoms with Crippen molar-refractivity contribution < 1.29 is 4.74 Å². The van der Waals surface area contributed by atoms with Crippen molar-refractivity contribution in [2.45, 2.75) is 25.7 Å². The van der Waals surface area contributed by atoms with Crippen LogP contribution >= 0.6 is 23.2 Å². The molecule has 0 saturated carbocycles. The molecule has 0 aliphatic carbocycles. The van der Waals surface area contributed by atoms with Crippen LogP contribution in [-0.2, 0) is 24.4 Å². The minimum atomic E-state index is 0.0214. The molecule has 5 heteroatoms. The molecule has 0 fully saturated rings. The highest BCUT2D eigenvalue weighted by atomic mass is 35.5. The highest BCUT2D eigenvalue weighted by Crippen LogP contribution is 2.28. The van der Waals surface area contributed by atoms with Crippen LogP contribution < -0.4 is 11.3 Å². The van der Waals surface area contributed by atoms with E-state index in [1.807, 2.05) is 18.2 Å². The SMILES string of the molecule is NNC(Cc1ccc(Cl)c(Cl)c1)c1ccc2c(c1)COC2. The van der Waals surface area contributed by atoms with E-state index in [0.717, 1.165) is 17.5 Å². The summed E-state index contributed by atoms with van der Waals surface area (Å²) in [7, 11) is 0. The molecule has 0 radical (unpaired) electrons. The van der Waals surface area contributed by atoms with Crippen molar-refractivity contribution in [3.05, 3.63) is 68.7 Å². The van der Waals surface area contributed by atoms with Gasteiger partial charge < -0.3 is 4.74 Å². The zero-order valence-corrected chi connectivity index (χ0v) is 12.9. The van der Waals surface area contributed by atoms with Gasteiger partial charge in [0, 0.05) is 6.04 Å².